The third kappa shape index (κ3) is 2.63. The van der Waals surface area contributed by atoms with Crippen LogP contribution in [-0.2, 0) is 6.42 Å². The number of rotatable bonds is 6. The zero-order valence-electron chi connectivity index (χ0n) is 10.2. The fraction of sp³-hybridized carbons (Fsp3) is 0.500. The molecule has 1 aliphatic heterocycles. The van der Waals surface area contributed by atoms with Crippen molar-refractivity contribution in [3.05, 3.63) is 39.9 Å². The van der Waals surface area contributed by atoms with E-state index in [9.17, 15) is 10.1 Å². The van der Waals surface area contributed by atoms with E-state index in [2.05, 4.69) is 0 Å². The number of alkyl halides is 2. The van der Waals surface area contributed by atoms with E-state index in [0.717, 1.165) is 5.56 Å². The van der Waals surface area contributed by atoms with E-state index in [4.69, 9.17) is 27.9 Å². The summed E-state index contributed by atoms with van der Waals surface area (Å²) < 4.78 is 5.63. The molecule has 0 amide bonds. The number of nitrogens with zero attached hydrogens (tertiary/aromatic N) is 2. The molecule has 104 valence electrons. The van der Waals surface area contributed by atoms with Crippen molar-refractivity contribution >= 4 is 23.2 Å². The minimum atomic E-state index is -1.59. The molecule has 1 aromatic carbocycles. The van der Waals surface area contributed by atoms with Crippen LogP contribution in [0.2, 0.25) is 0 Å². The molecule has 1 heterocycles. The van der Waals surface area contributed by atoms with Crippen LogP contribution < -0.4 is 4.74 Å². The highest BCUT2D eigenvalue weighted by Gasteiger charge is 2.55. The van der Waals surface area contributed by atoms with Crippen molar-refractivity contribution in [2.75, 3.05) is 24.8 Å². The number of hydrogen-bond acceptors (Lipinski definition) is 4. The Morgan fingerprint density at radius 3 is 2.47 bits per heavy atom. The quantitative estimate of drug-likeness (QED) is 0.350. The maximum Gasteiger partial charge on any atom is 0.433 e. The van der Waals surface area contributed by atoms with Crippen molar-refractivity contribution in [3.63, 3.8) is 0 Å². The van der Waals surface area contributed by atoms with Gasteiger partial charge in [0.25, 0.3) is 0 Å². The Morgan fingerprint density at radius 2 is 1.95 bits per heavy atom. The normalized spacial score (nSPS) is 21.2. The van der Waals surface area contributed by atoms with Crippen molar-refractivity contribution in [3.8, 4) is 5.75 Å². The molecule has 0 fully saturated rings. The summed E-state index contributed by atoms with van der Waals surface area (Å²) in [5.74, 6) is -0.473. The third-order valence-electron chi connectivity index (χ3n) is 3.16. The maximum absolute atomic E-state index is 11.5. The molecular weight excluding hydrogens is 291 g/mol. The van der Waals surface area contributed by atoms with Gasteiger partial charge in [-0.05, 0) is 6.07 Å². The predicted molar refractivity (Wildman–Crippen MR) is 73.5 cm³/mol. The molecule has 7 heteroatoms. The smallest absolute Gasteiger partial charge is 0.415 e. The predicted octanol–water partition coefficient (Wildman–Crippen LogP) is 2.33. The Morgan fingerprint density at radius 1 is 1.32 bits per heavy atom. The number of para-hydroxylation sites is 1. The molecule has 1 aromatic rings. The second-order valence-electron chi connectivity index (χ2n) is 4.25. The Kier molecular flexibility index (Phi) is 4.50. The average Bonchev–Trinajstić information content (AvgIpc) is 2.79. The average molecular weight is 305 g/mol. The summed E-state index contributed by atoms with van der Waals surface area (Å²) in [7, 11) is 0. The SMILES string of the molecule is O=[N+]([O-])C1(N(CCCl)CCCl)Cc2ccccc2O1. The first-order valence-electron chi connectivity index (χ1n) is 5.92. The largest absolute Gasteiger partial charge is 0.433 e. The fourth-order valence-corrected chi connectivity index (χ4v) is 2.68. The van der Waals surface area contributed by atoms with Crippen LogP contribution in [0.25, 0.3) is 0 Å². The van der Waals surface area contributed by atoms with Crippen LogP contribution in [0, 0.1) is 10.1 Å². The van der Waals surface area contributed by atoms with E-state index >= 15 is 0 Å². The van der Waals surface area contributed by atoms with Gasteiger partial charge in [0, 0.05) is 30.4 Å². The van der Waals surface area contributed by atoms with E-state index in [-0.39, 0.29) is 18.2 Å². The van der Waals surface area contributed by atoms with E-state index < -0.39 is 10.8 Å². The first-order valence-corrected chi connectivity index (χ1v) is 6.99. The molecule has 0 spiro atoms. The summed E-state index contributed by atoms with van der Waals surface area (Å²) in [6.45, 7) is 0.701. The van der Waals surface area contributed by atoms with Crippen LogP contribution in [0.15, 0.2) is 24.3 Å². The van der Waals surface area contributed by atoms with Gasteiger partial charge in [-0.3, -0.25) is 10.1 Å². The highest BCUT2D eigenvalue weighted by Crippen LogP contribution is 2.37. The van der Waals surface area contributed by atoms with E-state index in [1.165, 1.54) is 0 Å². The molecular formula is C12H14Cl2N2O3. The van der Waals surface area contributed by atoms with Crippen LogP contribution in [0.4, 0.5) is 0 Å². The monoisotopic (exact) mass is 304 g/mol. The minimum Gasteiger partial charge on any atom is -0.415 e. The molecule has 19 heavy (non-hydrogen) atoms. The zero-order chi connectivity index (χ0) is 13.9. The summed E-state index contributed by atoms with van der Waals surface area (Å²) in [6, 6.07) is 7.20. The second kappa shape index (κ2) is 5.94. The molecule has 0 aliphatic carbocycles. The molecule has 1 unspecified atom stereocenters. The molecule has 2 rings (SSSR count). The Bertz CT molecular complexity index is 439. The van der Waals surface area contributed by atoms with Crippen LogP contribution in [0.1, 0.15) is 5.56 Å². The molecule has 0 radical (unpaired) electrons. The third-order valence-corrected chi connectivity index (χ3v) is 3.49. The number of halogens is 2. The fourth-order valence-electron chi connectivity index (χ4n) is 2.27. The number of fused-ring (bicyclic) bond motifs is 1. The lowest BCUT2D eigenvalue weighted by Gasteiger charge is -2.31. The van der Waals surface area contributed by atoms with Gasteiger partial charge in [-0.25, -0.2) is 0 Å². The van der Waals surface area contributed by atoms with Gasteiger partial charge >= 0.3 is 5.85 Å². The van der Waals surface area contributed by atoms with Crippen molar-refractivity contribution in [2.45, 2.75) is 12.3 Å². The molecule has 1 atom stereocenters. The zero-order valence-corrected chi connectivity index (χ0v) is 11.7. The first-order chi connectivity index (χ1) is 9.14. The molecule has 1 aliphatic rings. The molecule has 0 N–H and O–H groups in total. The second-order valence-corrected chi connectivity index (χ2v) is 5.01. The van der Waals surface area contributed by atoms with Gasteiger partial charge in [0.1, 0.15) is 12.2 Å². The summed E-state index contributed by atoms with van der Waals surface area (Å²) >= 11 is 11.5. The van der Waals surface area contributed by atoms with Crippen LogP contribution in [0.3, 0.4) is 0 Å². The Labute approximate surface area is 121 Å². The molecule has 0 bridgehead atoms. The summed E-state index contributed by atoms with van der Waals surface area (Å²) in [5, 5.41) is 11.5. The topological polar surface area (TPSA) is 55.6 Å². The lowest BCUT2D eigenvalue weighted by atomic mass is 10.1. The van der Waals surface area contributed by atoms with Crippen LogP contribution >= 0.6 is 23.2 Å². The van der Waals surface area contributed by atoms with Gasteiger partial charge in [0.2, 0.25) is 0 Å². The Balaban J connectivity index is 2.33. The lowest BCUT2D eigenvalue weighted by molar-refractivity contribution is -0.645. The summed E-state index contributed by atoms with van der Waals surface area (Å²) in [5.41, 5.74) is 0.827. The van der Waals surface area contributed by atoms with E-state index in [0.29, 0.717) is 18.8 Å². The van der Waals surface area contributed by atoms with E-state index in [1.807, 2.05) is 12.1 Å². The highest BCUT2D eigenvalue weighted by molar-refractivity contribution is 6.18. The lowest BCUT2D eigenvalue weighted by Crippen LogP contribution is -2.59. The minimum absolute atomic E-state index is 0.198. The van der Waals surface area contributed by atoms with Gasteiger partial charge in [0.15, 0.2) is 0 Å². The van der Waals surface area contributed by atoms with Gasteiger partial charge in [-0.1, -0.05) is 18.2 Å². The molecule has 0 aromatic heterocycles. The van der Waals surface area contributed by atoms with Crippen molar-refractivity contribution < 1.29 is 9.66 Å². The Hall–Kier alpha value is -1.04. The standard InChI is InChI=1S/C12H14Cl2N2O3/c13-5-7-15(8-6-14)12(16(17)18)9-10-3-1-2-4-11(10)19-12/h1-4H,5-9H2. The van der Waals surface area contributed by atoms with Gasteiger partial charge < -0.3 is 4.74 Å². The maximum atomic E-state index is 11.5. The number of ether oxygens (including phenoxy) is 1. The molecule has 5 nitrogen and oxygen atoms in total. The van der Waals surface area contributed by atoms with Gasteiger partial charge in [-0.2, -0.15) is 4.90 Å². The van der Waals surface area contributed by atoms with Crippen molar-refractivity contribution in [1.29, 1.82) is 0 Å². The summed E-state index contributed by atoms with van der Waals surface area (Å²) in [6.07, 6.45) is 0.198. The first kappa shape index (κ1) is 14.4. The molecule has 0 saturated heterocycles. The van der Waals surface area contributed by atoms with Crippen molar-refractivity contribution in [1.82, 2.24) is 4.90 Å². The highest BCUT2D eigenvalue weighted by atomic mass is 35.5. The van der Waals surface area contributed by atoms with Gasteiger partial charge in [0.05, 0.1) is 4.92 Å². The number of nitro groups is 1. The summed E-state index contributed by atoms with van der Waals surface area (Å²) in [4.78, 5) is 12.7. The molecule has 0 saturated carbocycles. The van der Waals surface area contributed by atoms with Crippen LogP contribution in [0.5, 0.6) is 5.75 Å². The van der Waals surface area contributed by atoms with Crippen molar-refractivity contribution in [2.24, 2.45) is 0 Å². The number of benzene rings is 1. The van der Waals surface area contributed by atoms with Crippen LogP contribution in [-0.4, -0.2) is 40.5 Å². The van der Waals surface area contributed by atoms with E-state index in [1.54, 1.807) is 17.0 Å². The van der Waals surface area contributed by atoms with Gasteiger partial charge in [-0.15, -0.1) is 23.2 Å². The number of hydrogen-bond donors (Lipinski definition) is 0.